The zero-order valence-electron chi connectivity index (χ0n) is 16.5. The molecule has 156 valence electrons. The van der Waals surface area contributed by atoms with Gasteiger partial charge in [0.05, 0.1) is 23.4 Å². The molecule has 2 aromatic heterocycles. The van der Waals surface area contributed by atoms with E-state index >= 15 is 0 Å². The lowest BCUT2D eigenvalue weighted by molar-refractivity contribution is 0.102. The maximum atomic E-state index is 12.5. The number of pyridine rings is 1. The molecule has 1 N–H and O–H groups in total. The van der Waals surface area contributed by atoms with Crippen LogP contribution < -0.4 is 20.3 Å². The Hall–Kier alpha value is -3.84. The summed E-state index contributed by atoms with van der Waals surface area (Å²) in [4.78, 5) is 29.1. The quantitative estimate of drug-likeness (QED) is 0.491. The number of ether oxygens (including phenoxy) is 2. The number of aromatic nitrogens is 2. The molecule has 4 rings (SSSR count). The molecule has 0 aliphatic rings. The minimum absolute atomic E-state index is 0.126. The van der Waals surface area contributed by atoms with Gasteiger partial charge in [-0.3, -0.25) is 14.0 Å². The molecule has 0 aliphatic carbocycles. The molecule has 0 atom stereocenters. The first-order chi connectivity index (χ1) is 15.0. The molecule has 0 saturated carbocycles. The molecule has 0 unspecified atom stereocenters. The normalized spacial score (nSPS) is 10.6. The van der Waals surface area contributed by atoms with Crippen LogP contribution in [0.4, 0.5) is 5.69 Å². The Balaban J connectivity index is 1.42. The van der Waals surface area contributed by atoms with Crippen molar-refractivity contribution in [1.29, 1.82) is 0 Å². The number of amides is 1. The van der Waals surface area contributed by atoms with Crippen molar-refractivity contribution in [3.8, 4) is 11.5 Å². The van der Waals surface area contributed by atoms with Crippen molar-refractivity contribution in [2.24, 2.45) is 0 Å². The van der Waals surface area contributed by atoms with E-state index in [0.717, 1.165) is 0 Å². The van der Waals surface area contributed by atoms with Crippen LogP contribution >= 0.6 is 11.6 Å². The lowest BCUT2D eigenvalue weighted by atomic mass is 10.2. The molecule has 31 heavy (non-hydrogen) atoms. The van der Waals surface area contributed by atoms with Crippen LogP contribution in [0.15, 0.2) is 77.7 Å². The van der Waals surface area contributed by atoms with Gasteiger partial charge in [-0.15, -0.1) is 0 Å². The van der Waals surface area contributed by atoms with Gasteiger partial charge in [0.1, 0.15) is 23.8 Å². The Labute approximate surface area is 182 Å². The number of methoxy groups -OCH3 is 1. The first-order valence-corrected chi connectivity index (χ1v) is 9.76. The van der Waals surface area contributed by atoms with Gasteiger partial charge in [-0.25, -0.2) is 4.98 Å². The minimum Gasteiger partial charge on any atom is -0.496 e. The van der Waals surface area contributed by atoms with E-state index in [1.165, 1.54) is 23.8 Å². The van der Waals surface area contributed by atoms with Gasteiger partial charge in [-0.05, 0) is 48.5 Å². The van der Waals surface area contributed by atoms with Gasteiger partial charge in [0.25, 0.3) is 11.5 Å². The Kier molecular flexibility index (Phi) is 5.86. The summed E-state index contributed by atoms with van der Waals surface area (Å²) in [6, 6.07) is 18.7. The van der Waals surface area contributed by atoms with E-state index in [9.17, 15) is 9.59 Å². The molecule has 7 nitrogen and oxygen atoms in total. The summed E-state index contributed by atoms with van der Waals surface area (Å²) in [6.45, 7) is 0.126. The van der Waals surface area contributed by atoms with Crippen LogP contribution in [0.2, 0.25) is 5.02 Å². The van der Waals surface area contributed by atoms with Gasteiger partial charge in [-0.1, -0.05) is 23.7 Å². The first kappa shape index (κ1) is 20.4. The van der Waals surface area contributed by atoms with Gasteiger partial charge in [0.2, 0.25) is 0 Å². The SMILES string of the molecule is COc1ccccc1C(=O)Nc1ccc(OCc2cc(=O)n3cc(Cl)ccc3n2)cc1. The minimum atomic E-state index is -0.271. The maximum absolute atomic E-state index is 12.5. The Morgan fingerprint density at radius 1 is 1.10 bits per heavy atom. The Bertz CT molecular complexity index is 1300. The van der Waals surface area contributed by atoms with Crippen LogP contribution in [0.3, 0.4) is 0 Å². The third-order valence-electron chi connectivity index (χ3n) is 4.53. The Morgan fingerprint density at radius 2 is 1.87 bits per heavy atom. The molecule has 0 fully saturated rings. The number of nitrogens with one attached hydrogen (secondary N) is 1. The number of rotatable bonds is 6. The van der Waals surface area contributed by atoms with Crippen LogP contribution in [0.1, 0.15) is 16.1 Å². The fourth-order valence-electron chi connectivity index (χ4n) is 3.02. The third kappa shape index (κ3) is 4.67. The van der Waals surface area contributed by atoms with E-state index in [4.69, 9.17) is 21.1 Å². The molecule has 0 saturated heterocycles. The summed E-state index contributed by atoms with van der Waals surface area (Å²) in [5.74, 6) is 0.807. The first-order valence-electron chi connectivity index (χ1n) is 9.38. The van der Waals surface area contributed by atoms with Crippen molar-refractivity contribution < 1.29 is 14.3 Å². The number of anilines is 1. The predicted molar refractivity (Wildman–Crippen MR) is 118 cm³/mol. The van der Waals surface area contributed by atoms with Crippen LogP contribution in [0.25, 0.3) is 5.65 Å². The fourth-order valence-corrected chi connectivity index (χ4v) is 3.18. The van der Waals surface area contributed by atoms with Crippen molar-refractivity contribution >= 4 is 28.8 Å². The summed E-state index contributed by atoms with van der Waals surface area (Å²) in [7, 11) is 1.52. The molecule has 0 aliphatic heterocycles. The zero-order valence-corrected chi connectivity index (χ0v) is 17.3. The lowest BCUT2D eigenvalue weighted by Gasteiger charge is -2.10. The van der Waals surface area contributed by atoms with Gasteiger partial charge in [-0.2, -0.15) is 0 Å². The Morgan fingerprint density at radius 3 is 2.65 bits per heavy atom. The number of fused-ring (bicyclic) bond motifs is 1. The second-order valence-electron chi connectivity index (χ2n) is 6.63. The molecule has 2 heterocycles. The van der Waals surface area contributed by atoms with Gasteiger partial charge < -0.3 is 14.8 Å². The van der Waals surface area contributed by atoms with Gasteiger partial charge >= 0.3 is 0 Å². The van der Waals surface area contributed by atoms with Crippen molar-refractivity contribution in [3.05, 3.63) is 99.6 Å². The number of carbonyl (C=O) groups excluding carboxylic acids is 1. The predicted octanol–water partition coefficient (Wildman–Crippen LogP) is 4.19. The standard InChI is InChI=1S/C23H18ClN3O4/c1-30-20-5-3-2-4-19(20)23(29)26-16-7-9-18(10-8-16)31-14-17-12-22(28)27-13-15(24)6-11-21(27)25-17/h2-13H,14H2,1H3,(H,26,29). The fraction of sp³-hybridized carbons (Fsp3) is 0.0870. The van der Waals surface area contributed by atoms with E-state index in [2.05, 4.69) is 10.3 Å². The summed E-state index contributed by atoms with van der Waals surface area (Å²) in [6.07, 6.45) is 1.52. The number of halogens is 1. The highest BCUT2D eigenvalue weighted by molar-refractivity contribution is 6.30. The van der Waals surface area contributed by atoms with Crippen molar-refractivity contribution in [2.45, 2.75) is 6.61 Å². The van der Waals surface area contributed by atoms with Gasteiger partial charge in [0.15, 0.2) is 0 Å². The second-order valence-corrected chi connectivity index (χ2v) is 7.07. The molecule has 2 aromatic carbocycles. The highest BCUT2D eigenvalue weighted by atomic mass is 35.5. The largest absolute Gasteiger partial charge is 0.496 e. The molecule has 0 bridgehead atoms. The summed E-state index contributed by atoms with van der Waals surface area (Å²) < 4.78 is 12.3. The highest BCUT2D eigenvalue weighted by Crippen LogP contribution is 2.21. The zero-order chi connectivity index (χ0) is 21.8. The van der Waals surface area contributed by atoms with Crippen LogP contribution in [0, 0.1) is 0 Å². The molecule has 1 amide bonds. The van der Waals surface area contributed by atoms with Crippen LogP contribution in [-0.4, -0.2) is 22.4 Å². The van der Waals surface area contributed by atoms with E-state index < -0.39 is 0 Å². The summed E-state index contributed by atoms with van der Waals surface area (Å²) in [5.41, 5.74) is 1.81. The van der Waals surface area contributed by atoms with E-state index in [1.54, 1.807) is 60.7 Å². The molecular formula is C23H18ClN3O4. The van der Waals surface area contributed by atoms with E-state index in [-0.39, 0.29) is 18.1 Å². The number of carbonyl (C=O) groups is 1. The topological polar surface area (TPSA) is 81.9 Å². The van der Waals surface area contributed by atoms with Crippen LogP contribution in [-0.2, 0) is 6.61 Å². The number of benzene rings is 2. The van der Waals surface area contributed by atoms with Gasteiger partial charge in [0, 0.05) is 18.0 Å². The molecule has 8 heteroatoms. The lowest BCUT2D eigenvalue weighted by Crippen LogP contribution is -2.16. The highest BCUT2D eigenvalue weighted by Gasteiger charge is 2.11. The molecule has 0 radical (unpaired) electrons. The second kappa shape index (κ2) is 8.89. The van der Waals surface area contributed by atoms with E-state index in [0.29, 0.717) is 39.1 Å². The summed E-state index contributed by atoms with van der Waals surface area (Å²) >= 11 is 5.92. The number of hydrogen-bond donors (Lipinski definition) is 1. The molecule has 0 spiro atoms. The van der Waals surface area contributed by atoms with E-state index in [1.807, 2.05) is 0 Å². The number of hydrogen-bond acceptors (Lipinski definition) is 5. The number of para-hydroxylation sites is 1. The smallest absolute Gasteiger partial charge is 0.259 e. The average molecular weight is 436 g/mol. The van der Waals surface area contributed by atoms with Crippen LogP contribution in [0.5, 0.6) is 11.5 Å². The van der Waals surface area contributed by atoms with Crippen molar-refractivity contribution in [3.63, 3.8) is 0 Å². The summed E-state index contributed by atoms with van der Waals surface area (Å²) in [5, 5.41) is 3.28. The molecular weight excluding hydrogens is 418 g/mol. The third-order valence-corrected chi connectivity index (χ3v) is 4.75. The average Bonchev–Trinajstić information content (AvgIpc) is 2.79. The van der Waals surface area contributed by atoms with Crippen molar-refractivity contribution in [2.75, 3.05) is 12.4 Å². The maximum Gasteiger partial charge on any atom is 0.259 e. The number of nitrogens with zero attached hydrogens (tertiary/aromatic N) is 2. The molecule has 4 aromatic rings. The van der Waals surface area contributed by atoms with Crippen molar-refractivity contribution in [1.82, 2.24) is 9.38 Å². The monoisotopic (exact) mass is 435 g/mol.